The van der Waals surface area contributed by atoms with E-state index in [2.05, 4.69) is 15.9 Å². The van der Waals surface area contributed by atoms with Gasteiger partial charge in [0.2, 0.25) is 0 Å². The molecule has 0 spiro atoms. The van der Waals surface area contributed by atoms with Crippen molar-refractivity contribution in [2.75, 3.05) is 0 Å². The molecule has 0 saturated carbocycles. The monoisotopic (exact) mass is 216 g/mol. The molecule has 0 unspecified atom stereocenters. The van der Waals surface area contributed by atoms with Gasteiger partial charge in [-0.3, -0.25) is 0 Å². The molecule has 58 valence electrons. The molecule has 11 heavy (non-hydrogen) atoms. The van der Waals surface area contributed by atoms with E-state index < -0.39 is 5.97 Å². The van der Waals surface area contributed by atoms with Gasteiger partial charge < -0.3 is 9.52 Å². The molecule has 1 aromatic heterocycles. The number of aliphatic carboxylic acids is 1. The van der Waals surface area contributed by atoms with Gasteiger partial charge in [0.25, 0.3) is 0 Å². The lowest BCUT2D eigenvalue weighted by molar-refractivity contribution is -0.131. The maximum Gasteiger partial charge on any atom is 0.328 e. The number of halogens is 1. The topological polar surface area (TPSA) is 50.4 Å². The fourth-order valence-corrected chi connectivity index (χ4v) is 0.905. The van der Waals surface area contributed by atoms with Crippen molar-refractivity contribution < 1.29 is 14.3 Å². The number of hydrogen-bond donors (Lipinski definition) is 1. The van der Waals surface area contributed by atoms with Crippen molar-refractivity contribution in [2.24, 2.45) is 0 Å². The van der Waals surface area contributed by atoms with Crippen LogP contribution in [0.15, 0.2) is 27.3 Å². The molecule has 3 nitrogen and oxygen atoms in total. The molecule has 0 saturated heterocycles. The first-order valence-electron chi connectivity index (χ1n) is 2.84. The van der Waals surface area contributed by atoms with E-state index in [9.17, 15) is 4.79 Å². The standard InChI is InChI=1S/C7H5BrO3/c8-5-3-4-11-6(5)1-2-7(9)10/h1-4H,(H,9,10)/b2-1+. The van der Waals surface area contributed by atoms with Gasteiger partial charge in [0, 0.05) is 6.08 Å². The van der Waals surface area contributed by atoms with Gasteiger partial charge in [-0.15, -0.1) is 0 Å². The maximum atomic E-state index is 10.1. The highest BCUT2D eigenvalue weighted by atomic mass is 79.9. The van der Waals surface area contributed by atoms with E-state index >= 15 is 0 Å². The maximum absolute atomic E-state index is 10.1. The predicted octanol–water partition coefficient (Wildman–Crippen LogP) is 2.14. The van der Waals surface area contributed by atoms with Gasteiger partial charge in [0.05, 0.1) is 10.7 Å². The SMILES string of the molecule is O=C(O)/C=C/c1occc1Br. The van der Waals surface area contributed by atoms with Crippen LogP contribution < -0.4 is 0 Å². The summed E-state index contributed by atoms with van der Waals surface area (Å²) in [6, 6.07) is 1.70. The Hall–Kier alpha value is -1.03. The van der Waals surface area contributed by atoms with Crippen LogP contribution in [0.4, 0.5) is 0 Å². The van der Waals surface area contributed by atoms with Gasteiger partial charge in [-0.05, 0) is 28.1 Å². The summed E-state index contributed by atoms with van der Waals surface area (Å²) >= 11 is 3.18. The molecule has 0 amide bonds. The second-order valence-corrected chi connectivity index (χ2v) is 2.66. The third-order valence-electron chi connectivity index (χ3n) is 1.02. The highest BCUT2D eigenvalue weighted by Gasteiger charge is 1.97. The number of rotatable bonds is 2. The average Bonchev–Trinajstić information content (AvgIpc) is 2.31. The second-order valence-electron chi connectivity index (χ2n) is 1.80. The third-order valence-corrected chi connectivity index (χ3v) is 1.68. The smallest absolute Gasteiger partial charge is 0.328 e. The van der Waals surface area contributed by atoms with Crippen LogP contribution in [-0.4, -0.2) is 11.1 Å². The molecule has 0 aliphatic rings. The van der Waals surface area contributed by atoms with Crippen LogP contribution in [0.1, 0.15) is 5.76 Å². The number of hydrogen-bond acceptors (Lipinski definition) is 2. The van der Waals surface area contributed by atoms with Crippen LogP contribution in [0, 0.1) is 0 Å². The fourth-order valence-electron chi connectivity index (χ4n) is 0.571. The first-order chi connectivity index (χ1) is 5.20. The molecule has 1 N–H and O–H groups in total. The summed E-state index contributed by atoms with van der Waals surface area (Å²) in [6.07, 6.45) is 3.88. The number of carboxylic acids is 1. The summed E-state index contributed by atoms with van der Waals surface area (Å²) in [4.78, 5) is 10.1. The highest BCUT2D eigenvalue weighted by Crippen LogP contribution is 2.18. The summed E-state index contributed by atoms with van der Waals surface area (Å²) in [5, 5.41) is 8.26. The molecule has 0 radical (unpaired) electrons. The van der Waals surface area contributed by atoms with E-state index in [1.165, 1.54) is 12.3 Å². The van der Waals surface area contributed by atoms with Crippen LogP contribution >= 0.6 is 15.9 Å². The van der Waals surface area contributed by atoms with Crippen molar-refractivity contribution in [1.29, 1.82) is 0 Å². The van der Waals surface area contributed by atoms with Crippen LogP contribution in [0.2, 0.25) is 0 Å². The minimum absolute atomic E-state index is 0.507. The van der Waals surface area contributed by atoms with E-state index in [4.69, 9.17) is 9.52 Å². The van der Waals surface area contributed by atoms with E-state index in [0.717, 1.165) is 10.5 Å². The summed E-state index contributed by atoms with van der Waals surface area (Å²) in [6.45, 7) is 0. The van der Waals surface area contributed by atoms with Crippen molar-refractivity contribution in [3.63, 3.8) is 0 Å². The predicted molar refractivity (Wildman–Crippen MR) is 43.1 cm³/mol. The quantitative estimate of drug-likeness (QED) is 0.772. The highest BCUT2D eigenvalue weighted by molar-refractivity contribution is 9.10. The van der Waals surface area contributed by atoms with Crippen LogP contribution in [0.25, 0.3) is 6.08 Å². The van der Waals surface area contributed by atoms with Crippen LogP contribution in [-0.2, 0) is 4.79 Å². The molecule has 1 heterocycles. The van der Waals surface area contributed by atoms with E-state index in [0.29, 0.717) is 5.76 Å². The lowest BCUT2D eigenvalue weighted by atomic mass is 10.4. The summed E-state index contributed by atoms with van der Waals surface area (Å²) < 4.78 is 5.66. The Labute approximate surface area is 71.5 Å². The van der Waals surface area contributed by atoms with Crippen molar-refractivity contribution in [3.8, 4) is 0 Å². The Morgan fingerprint density at radius 2 is 2.45 bits per heavy atom. The minimum atomic E-state index is -0.992. The van der Waals surface area contributed by atoms with Crippen LogP contribution in [0.5, 0.6) is 0 Å². The summed E-state index contributed by atoms with van der Waals surface area (Å²) in [5.41, 5.74) is 0. The Morgan fingerprint density at radius 1 is 1.73 bits per heavy atom. The van der Waals surface area contributed by atoms with Crippen molar-refractivity contribution in [2.45, 2.75) is 0 Å². The molecule has 1 rings (SSSR count). The van der Waals surface area contributed by atoms with Gasteiger partial charge in [0.15, 0.2) is 0 Å². The molecule has 1 aromatic rings. The average molecular weight is 217 g/mol. The Kier molecular flexibility index (Phi) is 2.48. The van der Waals surface area contributed by atoms with Crippen molar-refractivity contribution in [1.82, 2.24) is 0 Å². The molecule has 0 fully saturated rings. The minimum Gasteiger partial charge on any atom is -0.478 e. The van der Waals surface area contributed by atoms with Gasteiger partial charge >= 0.3 is 5.97 Å². The zero-order valence-corrected chi connectivity index (χ0v) is 7.04. The van der Waals surface area contributed by atoms with Gasteiger partial charge in [-0.25, -0.2) is 4.79 Å². The van der Waals surface area contributed by atoms with Crippen molar-refractivity contribution in [3.05, 3.63) is 28.6 Å². The molecule has 0 bridgehead atoms. The van der Waals surface area contributed by atoms with Gasteiger partial charge in [-0.2, -0.15) is 0 Å². The Balaban J connectivity index is 2.79. The zero-order chi connectivity index (χ0) is 8.27. The Bertz CT molecular complexity index is 288. The second kappa shape index (κ2) is 3.39. The van der Waals surface area contributed by atoms with Crippen molar-refractivity contribution >= 4 is 28.0 Å². The molecule has 0 aliphatic heterocycles. The van der Waals surface area contributed by atoms with E-state index in [1.54, 1.807) is 6.07 Å². The zero-order valence-electron chi connectivity index (χ0n) is 5.45. The van der Waals surface area contributed by atoms with Crippen LogP contribution in [0.3, 0.4) is 0 Å². The number of carboxylic acid groups (broad SMARTS) is 1. The number of furan rings is 1. The lowest BCUT2D eigenvalue weighted by Gasteiger charge is -1.83. The normalized spacial score (nSPS) is 10.6. The summed E-state index contributed by atoms with van der Waals surface area (Å²) in [5.74, 6) is -0.485. The molecule has 0 aromatic carbocycles. The fraction of sp³-hybridized carbons (Fsp3) is 0. The Morgan fingerprint density at radius 3 is 2.91 bits per heavy atom. The molecular weight excluding hydrogens is 212 g/mol. The van der Waals surface area contributed by atoms with Gasteiger partial charge in [0.1, 0.15) is 5.76 Å². The largest absolute Gasteiger partial charge is 0.478 e. The number of carbonyl (C=O) groups is 1. The lowest BCUT2D eigenvalue weighted by Crippen LogP contribution is -1.84. The van der Waals surface area contributed by atoms with E-state index in [-0.39, 0.29) is 0 Å². The third kappa shape index (κ3) is 2.23. The molecule has 0 aliphatic carbocycles. The van der Waals surface area contributed by atoms with Gasteiger partial charge in [-0.1, -0.05) is 0 Å². The summed E-state index contributed by atoms with van der Waals surface area (Å²) in [7, 11) is 0. The molecule has 4 heteroatoms. The molecular formula is C7H5BrO3. The van der Waals surface area contributed by atoms with E-state index in [1.807, 2.05) is 0 Å². The first kappa shape index (κ1) is 8.07. The first-order valence-corrected chi connectivity index (χ1v) is 3.63. The molecule has 0 atom stereocenters.